The summed E-state index contributed by atoms with van der Waals surface area (Å²) in [7, 11) is 0. The van der Waals surface area contributed by atoms with E-state index in [0.717, 1.165) is 21.3 Å². The number of hydrogen-bond donors (Lipinski definition) is 1. The Bertz CT molecular complexity index is 1200. The number of anilines is 1. The highest BCUT2D eigenvalue weighted by Crippen LogP contribution is 2.37. The molecule has 8 heteroatoms. The van der Waals surface area contributed by atoms with Crippen LogP contribution in [0.4, 0.5) is 9.80 Å². The molecule has 1 aromatic carbocycles. The average molecular weight is 437 g/mol. The van der Waals surface area contributed by atoms with E-state index in [4.69, 9.17) is 4.74 Å². The molecular weight excluding hydrogens is 412 g/mol. The number of nitrogens with zero attached hydrogens (tertiary/aromatic N) is 3. The summed E-state index contributed by atoms with van der Waals surface area (Å²) in [5, 5.41) is 14.2. The fourth-order valence-electron chi connectivity index (χ4n) is 3.69. The molecule has 7 nitrogen and oxygen atoms in total. The van der Waals surface area contributed by atoms with E-state index < -0.39 is 5.60 Å². The van der Waals surface area contributed by atoms with Gasteiger partial charge < -0.3 is 19.5 Å². The third-order valence-corrected chi connectivity index (χ3v) is 6.20. The van der Waals surface area contributed by atoms with Crippen molar-refractivity contribution in [1.82, 2.24) is 9.47 Å². The Labute approximate surface area is 184 Å². The maximum Gasteiger partial charge on any atom is 0.410 e. The second-order valence-electron chi connectivity index (χ2n) is 8.52. The summed E-state index contributed by atoms with van der Waals surface area (Å²) in [6, 6.07) is 12.1. The number of benzene rings is 1. The summed E-state index contributed by atoms with van der Waals surface area (Å²) in [5.41, 5.74) is 1.83. The van der Waals surface area contributed by atoms with Gasteiger partial charge in [0.05, 0.1) is 12.1 Å². The maximum atomic E-state index is 12.7. The lowest BCUT2D eigenvalue weighted by Crippen LogP contribution is -2.39. The number of nitriles is 1. The van der Waals surface area contributed by atoms with Gasteiger partial charge in [0.2, 0.25) is 5.91 Å². The van der Waals surface area contributed by atoms with Crippen molar-refractivity contribution in [2.45, 2.75) is 45.9 Å². The van der Waals surface area contributed by atoms with Crippen LogP contribution in [-0.4, -0.2) is 33.6 Å². The third kappa shape index (κ3) is 4.42. The topological polar surface area (TPSA) is 87.4 Å². The van der Waals surface area contributed by atoms with Crippen LogP contribution in [0.15, 0.2) is 36.5 Å². The van der Waals surface area contributed by atoms with Crippen LogP contribution in [0.3, 0.4) is 0 Å². The van der Waals surface area contributed by atoms with Crippen molar-refractivity contribution < 1.29 is 14.3 Å². The summed E-state index contributed by atoms with van der Waals surface area (Å²) in [4.78, 5) is 27.7. The number of rotatable bonds is 3. The predicted molar refractivity (Wildman–Crippen MR) is 120 cm³/mol. The number of fused-ring (bicyclic) bond motifs is 2. The molecule has 4 rings (SSSR count). The summed E-state index contributed by atoms with van der Waals surface area (Å²) >= 11 is 1.36. The number of ether oxygens (including phenoxy) is 1. The Balaban J connectivity index is 1.49. The Kier molecular flexibility index (Phi) is 5.46. The lowest BCUT2D eigenvalue weighted by atomic mass is 10.0. The van der Waals surface area contributed by atoms with E-state index in [1.807, 2.05) is 61.9 Å². The van der Waals surface area contributed by atoms with Crippen LogP contribution in [0, 0.1) is 11.3 Å². The molecule has 3 heterocycles. The van der Waals surface area contributed by atoms with Gasteiger partial charge in [-0.25, -0.2) is 4.79 Å². The second-order valence-corrected chi connectivity index (χ2v) is 9.63. The highest BCUT2D eigenvalue weighted by atomic mass is 32.1. The lowest BCUT2D eigenvalue weighted by Gasteiger charge is -2.29. The molecule has 1 aliphatic heterocycles. The standard InChI is InChI=1S/C23H24N4O3S/c1-23(2,3)30-22(29)27-11-9-16-17(12-24)21(31-19(16)13-27)25-20(28)14-26-10-8-15-6-4-5-7-18(15)26/h4-8,10H,9,11,13-14H2,1-3H3,(H,25,28). The van der Waals surface area contributed by atoms with E-state index in [0.29, 0.717) is 30.1 Å². The van der Waals surface area contributed by atoms with E-state index in [2.05, 4.69) is 11.4 Å². The molecule has 3 aromatic rings. The van der Waals surface area contributed by atoms with E-state index in [9.17, 15) is 14.9 Å². The van der Waals surface area contributed by atoms with Crippen molar-refractivity contribution in [2.75, 3.05) is 11.9 Å². The smallest absolute Gasteiger partial charge is 0.410 e. The minimum Gasteiger partial charge on any atom is -0.444 e. The lowest BCUT2D eigenvalue weighted by molar-refractivity contribution is -0.116. The van der Waals surface area contributed by atoms with Crippen molar-refractivity contribution in [3.05, 3.63) is 52.5 Å². The number of amides is 2. The largest absolute Gasteiger partial charge is 0.444 e. The minimum absolute atomic E-state index is 0.158. The van der Waals surface area contributed by atoms with E-state index in [-0.39, 0.29) is 18.5 Å². The zero-order valence-corrected chi connectivity index (χ0v) is 18.6. The van der Waals surface area contributed by atoms with Gasteiger partial charge in [0, 0.05) is 23.1 Å². The van der Waals surface area contributed by atoms with Crippen LogP contribution >= 0.6 is 11.3 Å². The molecule has 0 aliphatic carbocycles. The summed E-state index contributed by atoms with van der Waals surface area (Å²) < 4.78 is 7.35. The third-order valence-electron chi connectivity index (χ3n) is 5.07. The van der Waals surface area contributed by atoms with Gasteiger partial charge in [-0.1, -0.05) is 18.2 Å². The molecule has 0 spiro atoms. The Morgan fingerprint density at radius 3 is 2.77 bits per heavy atom. The quantitative estimate of drug-likeness (QED) is 0.655. The summed E-state index contributed by atoms with van der Waals surface area (Å²) in [6.45, 7) is 6.52. The SMILES string of the molecule is CC(C)(C)OC(=O)N1CCc2c(sc(NC(=O)Cn3ccc4ccccc43)c2C#N)C1. The highest BCUT2D eigenvalue weighted by Gasteiger charge is 2.30. The van der Waals surface area contributed by atoms with Gasteiger partial charge in [-0.05, 0) is 50.3 Å². The first-order valence-corrected chi connectivity index (χ1v) is 10.9. The Hall–Kier alpha value is -3.31. The van der Waals surface area contributed by atoms with Gasteiger partial charge in [0.1, 0.15) is 23.2 Å². The van der Waals surface area contributed by atoms with E-state index >= 15 is 0 Å². The fourth-order valence-corrected chi connectivity index (χ4v) is 4.92. The number of hydrogen-bond acceptors (Lipinski definition) is 5. The molecule has 0 unspecified atom stereocenters. The molecule has 0 saturated carbocycles. The summed E-state index contributed by atoms with van der Waals surface area (Å²) in [6.07, 6.45) is 2.08. The highest BCUT2D eigenvalue weighted by molar-refractivity contribution is 7.16. The predicted octanol–water partition coefficient (Wildman–Crippen LogP) is 4.51. The van der Waals surface area contributed by atoms with Gasteiger partial charge in [0.15, 0.2) is 0 Å². The number of thiophene rings is 1. The molecule has 1 aliphatic rings. The van der Waals surface area contributed by atoms with Gasteiger partial charge in [-0.15, -0.1) is 11.3 Å². The van der Waals surface area contributed by atoms with Crippen molar-refractivity contribution in [3.8, 4) is 6.07 Å². The van der Waals surface area contributed by atoms with E-state index in [1.165, 1.54) is 11.3 Å². The molecule has 0 atom stereocenters. The Morgan fingerprint density at radius 2 is 2.03 bits per heavy atom. The van der Waals surface area contributed by atoms with Crippen LogP contribution in [-0.2, 0) is 29.0 Å². The molecule has 160 valence electrons. The first-order valence-electron chi connectivity index (χ1n) is 10.1. The minimum atomic E-state index is -0.563. The van der Waals surface area contributed by atoms with Crippen LogP contribution in [0.2, 0.25) is 0 Å². The number of para-hydroxylation sites is 1. The van der Waals surface area contributed by atoms with E-state index in [1.54, 1.807) is 4.90 Å². The van der Waals surface area contributed by atoms with Crippen molar-refractivity contribution in [2.24, 2.45) is 0 Å². The van der Waals surface area contributed by atoms with Crippen molar-refractivity contribution in [1.29, 1.82) is 5.26 Å². The normalized spacial score (nSPS) is 13.5. The number of carbonyl (C=O) groups is 2. The van der Waals surface area contributed by atoms with Gasteiger partial charge in [0.25, 0.3) is 0 Å². The van der Waals surface area contributed by atoms with Gasteiger partial charge in [-0.2, -0.15) is 5.26 Å². The molecule has 2 aromatic heterocycles. The second kappa shape index (κ2) is 8.08. The molecule has 0 radical (unpaired) electrons. The zero-order valence-electron chi connectivity index (χ0n) is 17.8. The monoisotopic (exact) mass is 436 g/mol. The zero-order chi connectivity index (χ0) is 22.2. The van der Waals surface area contributed by atoms with Crippen LogP contribution < -0.4 is 5.32 Å². The van der Waals surface area contributed by atoms with Crippen LogP contribution in [0.5, 0.6) is 0 Å². The first kappa shape index (κ1) is 20.9. The van der Waals surface area contributed by atoms with Gasteiger partial charge in [-0.3, -0.25) is 4.79 Å². The number of carbonyl (C=O) groups excluding carboxylic acids is 2. The summed E-state index contributed by atoms with van der Waals surface area (Å²) in [5.74, 6) is -0.194. The molecule has 31 heavy (non-hydrogen) atoms. The molecule has 0 saturated heterocycles. The van der Waals surface area contributed by atoms with Crippen LogP contribution in [0.1, 0.15) is 36.8 Å². The van der Waals surface area contributed by atoms with Crippen LogP contribution in [0.25, 0.3) is 10.9 Å². The molecule has 0 fully saturated rings. The van der Waals surface area contributed by atoms with Gasteiger partial charge >= 0.3 is 6.09 Å². The average Bonchev–Trinajstić information content (AvgIpc) is 3.26. The number of aromatic nitrogens is 1. The van der Waals surface area contributed by atoms with Crippen molar-refractivity contribution >= 4 is 39.2 Å². The first-order chi connectivity index (χ1) is 14.7. The maximum absolute atomic E-state index is 12.7. The Morgan fingerprint density at radius 1 is 1.26 bits per heavy atom. The van der Waals surface area contributed by atoms with Crippen molar-refractivity contribution in [3.63, 3.8) is 0 Å². The molecule has 2 amide bonds. The molecule has 0 bridgehead atoms. The fraction of sp³-hybridized carbons (Fsp3) is 0.348. The number of nitrogens with one attached hydrogen (secondary N) is 1. The molecular formula is C23H24N4O3S. The molecule has 1 N–H and O–H groups in total.